The molecule has 0 saturated heterocycles. The quantitative estimate of drug-likeness (QED) is 0.552. The van der Waals surface area contributed by atoms with Gasteiger partial charge in [-0.3, -0.25) is 9.78 Å². The third kappa shape index (κ3) is 3.83. The summed E-state index contributed by atoms with van der Waals surface area (Å²) >= 11 is 0. The second-order valence-electron chi connectivity index (χ2n) is 8.41. The van der Waals surface area contributed by atoms with E-state index in [0.717, 1.165) is 33.8 Å². The second-order valence-corrected chi connectivity index (χ2v) is 8.41. The first kappa shape index (κ1) is 21.8. The van der Waals surface area contributed by atoms with Gasteiger partial charge in [0.1, 0.15) is 0 Å². The molecule has 1 aliphatic carbocycles. The summed E-state index contributed by atoms with van der Waals surface area (Å²) in [6.45, 7) is 0. The molecule has 174 valence electrons. The van der Waals surface area contributed by atoms with Crippen LogP contribution in [0.4, 0.5) is 11.4 Å². The number of ether oxygens (including phenoxy) is 3. The van der Waals surface area contributed by atoms with E-state index in [4.69, 9.17) is 14.2 Å². The summed E-state index contributed by atoms with van der Waals surface area (Å²) in [6.07, 6.45) is 4.58. The minimum Gasteiger partial charge on any atom is -0.493 e. The summed E-state index contributed by atoms with van der Waals surface area (Å²) in [5.74, 6) is 1.78. The Labute approximate surface area is 198 Å². The predicted molar refractivity (Wildman–Crippen MR) is 131 cm³/mol. The number of hydrogen-bond acceptors (Lipinski definition) is 7. The van der Waals surface area contributed by atoms with Crippen molar-refractivity contribution in [3.63, 3.8) is 0 Å². The number of carbonyl (C=O) groups excluding carboxylic acids is 1. The number of aromatic nitrogens is 1. The van der Waals surface area contributed by atoms with Gasteiger partial charge < -0.3 is 24.8 Å². The number of nitrogens with one attached hydrogen (secondary N) is 2. The topological polar surface area (TPSA) is 81.7 Å². The molecule has 0 fully saturated rings. The highest BCUT2D eigenvalue weighted by Crippen LogP contribution is 2.47. The number of carbonyl (C=O) groups is 1. The van der Waals surface area contributed by atoms with E-state index >= 15 is 0 Å². The molecule has 2 aromatic carbocycles. The number of hydrogen-bond donors (Lipinski definition) is 2. The average molecular weight is 458 g/mol. The highest BCUT2D eigenvalue weighted by molar-refractivity contribution is 6.01. The largest absolute Gasteiger partial charge is 0.493 e. The van der Waals surface area contributed by atoms with Crippen molar-refractivity contribution in [1.29, 1.82) is 0 Å². The van der Waals surface area contributed by atoms with E-state index in [0.29, 0.717) is 30.1 Å². The van der Waals surface area contributed by atoms with E-state index in [1.807, 2.05) is 48.5 Å². The van der Waals surface area contributed by atoms with Crippen LogP contribution in [-0.2, 0) is 4.79 Å². The smallest absolute Gasteiger partial charge is 0.203 e. The molecule has 7 heteroatoms. The van der Waals surface area contributed by atoms with Crippen LogP contribution in [0.3, 0.4) is 0 Å². The van der Waals surface area contributed by atoms with Crippen molar-refractivity contribution in [2.24, 2.45) is 0 Å². The Morgan fingerprint density at radius 3 is 2.18 bits per heavy atom. The molecule has 0 unspecified atom stereocenters. The van der Waals surface area contributed by atoms with Gasteiger partial charge in [-0.25, -0.2) is 0 Å². The van der Waals surface area contributed by atoms with Crippen molar-refractivity contribution >= 4 is 17.2 Å². The normalized spacial score (nSPS) is 19.2. The number of para-hydroxylation sites is 2. The molecule has 1 aromatic heterocycles. The fourth-order valence-corrected chi connectivity index (χ4v) is 4.87. The van der Waals surface area contributed by atoms with Crippen LogP contribution in [0.1, 0.15) is 35.9 Å². The third-order valence-corrected chi connectivity index (χ3v) is 6.51. The molecule has 0 spiro atoms. The Hall–Kier alpha value is -4.00. The van der Waals surface area contributed by atoms with Gasteiger partial charge in [0.15, 0.2) is 17.3 Å². The maximum Gasteiger partial charge on any atom is 0.203 e. The number of nitrogens with zero attached hydrogens (tertiary/aromatic N) is 1. The Balaban J connectivity index is 1.59. The first-order valence-corrected chi connectivity index (χ1v) is 11.2. The lowest BCUT2D eigenvalue weighted by molar-refractivity contribution is -0.116. The number of benzene rings is 2. The van der Waals surface area contributed by atoms with Crippen molar-refractivity contribution in [1.82, 2.24) is 4.98 Å². The molecule has 1 aliphatic heterocycles. The number of methoxy groups -OCH3 is 3. The van der Waals surface area contributed by atoms with Crippen LogP contribution in [-0.4, -0.2) is 32.1 Å². The lowest BCUT2D eigenvalue weighted by atomic mass is 9.78. The van der Waals surface area contributed by atoms with Crippen LogP contribution in [0.5, 0.6) is 17.2 Å². The number of rotatable bonds is 5. The zero-order chi connectivity index (χ0) is 23.7. The molecule has 2 heterocycles. The van der Waals surface area contributed by atoms with Gasteiger partial charge in [-0.2, -0.15) is 0 Å². The molecular weight excluding hydrogens is 430 g/mol. The van der Waals surface area contributed by atoms with Crippen molar-refractivity contribution < 1.29 is 19.0 Å². The van der Waals surface area contributed by atoms with Gasteiger partial charge in [0.25, 0.3) is 0 Å². The molecule has 3 aromatic rings. The van der Waals surface area contributed by atoms with Crippen LogP contribution in [0.25, 0.3) is 0 Å². The predicted octanol–water partition coefficient (Wildman–Crippen LogP) is 5.09. The van der Waals surface area contributed by atoms with E-state index in [2.05, 4.69) is 15.6 Å². The van der Waals surface area contributed by atoms with Gasteiger partial charge in [0.05, 0.1) is 38.7 Å². The zero-order valence-corrected chi connectivity index (χ0v) is 19.4. The summed E-state index contributed by atoms with van der Waals surface area (Å²) in [5, 5.41) is 7.15. The lowest BCUT2D eigenvalue weighted by Gasteiger charge is -2.30. The molecule has 7 nitrogen and oxygen atoms in total. The molecule has 2 N–H and O–H groups in total. The standard InChI is InChI=1S/C27H27N3O4/c1-32-23-14-18(15-24(33-2)27(23)34-3)17-12-21-25(22(31)13-17)26(16-8-10-28-11-9-16)30-20-7-5-4-6-19(20)29-21/h4-11,14-15,17,26,29-30H,12-13H2,1-3H3/t17-,26+/m0/s1. The second kappa shape index (κ2) is 9.09. The Bertz CT molecular complexity index is 1230. The number of allylic oxidation sites excluding steroid dienone is 1. The zero-order valence-electron chi connectivity index (χ0n) is 19.4. The summed E-state index contributed by atoms with van der Waals surface area (Å²) < 4.78 is 16.6. The molecular formula is C27H27N3O4. The summed E-state index contributed by atoms with van der Waals surface area (Å²) in [7, 11) is 4.78. The van der Waals surface area contributed by atoms with E-state index in [9.17, 15) is 4.79 Å². The maximum atomic E-state index is 13.7. The maximum absolute atomic E-state index is 13.7. The molecule has 2 atom stereocenters. The van der Waals surface area contributed by atoms with Crippen LogP contribution >= 0.6 is 0 Å². The van der Waals surface area contributed by atoms with Gasteiger partial charge in [0.2, 0.25) is 5.75 Å². The molecule has 5 rings (SSSR count). The van der Waals surface area contributed by atoms with Crippen molar-refractivity contribution in [2.75, 3.05) is 32.0 Å². The van der Waals surface area contributed by atoms with Crippen LogP contribution in [0.15, 0.2) is 72.2 Å². The first-order valence-electron chi connectivity index (χ1n) is 11.2. The van der Waals surface area contributed by atoms with Crippen molar-refractivity contribution in [3.8, 4) is 17.2 Å². The Morgan fingerprint density at radius 2 is 1.53 bits per heavy atom. The van der Waals surface area contributed by atoms with Gasteiger partial charge in [-0.1, -0.05) is 12.1 Å². The summed E-state index contributed by atoms with van der Waals surface area (Å²) in [4.78, 5) is 17.8. The van der Waals surface area contributed by atoms with E-state index < -0.39 is 0 Å². The highest BCUT2D eigenvalue weighted by Gasteiger charge is 2.36. The Kier molecular flexibility index (Phi) is 5.84. The van der Waals surface area contributed by atoms with Crippen molar-refractivity contribution in [3.05, 3.63) is 83.3 Å². The molecule has 2 aliphatic rings. The Morgan fingerprint density at radius 1 is 0.853 bits per heavy atom. The van der Waals surface area contributed by atoms with E-state index in [1.54, 1.807) is 33.7 Å². The monoisotopic (exact) mass is 457 g/mol. The molecule has 34 heavy (non-hydrogen) atoms. The van der Waals surface area contributed by atoms with E-state index in [-0.39, 0.29) is 17.7 Å². The van der Waals surface area contributed by atoms with Crippen LogP contribution in [0, 0.1) is 0 Å². The molecule has 0 saturated carbocycles. The number of ketones is 1. The third-order valence-electron chi connectivity index (χ3n) is 6.51. The fraction of sp³-hybridized carbons (Fsp3) is 0.259. The fourth-order valence-electron chi connectivity index (χ4n) is 4.87. The minimum absolute atomic E-state index is 0.0317. The van der Waals surface area contributed by atoms with Gasteiger partial charge in [-0.15, -0.1) is 0 Å². The van der Waals surface area contributed by atoms with Crippen molar-refractivity contribution in [2.45, 2.75) is 24.8 Å². The van der Waals surface area contributed by atoms with Crippen LogP contribution < -0.4 is 24.8 Å². The number of pyridine rings is 1. The SMILES string of the molecule is COc1cc([C@@H]2CC(=O)C3=C(C2)Nc2ccccc2N[C@@H]3c2ccncc2)cc(OC)c1OC. The minimum atomic E-state index is -0.262. The number of fused-ring (bicyclic) bond motifs is 1. The van der Waals surface area contributed by atoms with Crippen LogP contribution in [0.2, 0.25) is 0 Å². The van der Waals surface area contributed by atoms with E-state index in [1.165, 1.54) is 0 Å². The summed E-state index contributed by atoms with van der Waals surface area (Å²) in [5.41, 5.74) is 5.57. The molecule has 0 amide bonds. The summed E-state index contributed by atoms with van der Waals surface area (Å²) in [6, 6.07) is 15.5. The van der Waals surface area contributed by atoms with Gasteiger partial charge in [-0.05, 0) is 59.9 Å². The molecule has 0 bridgehead atoms. The lowest BCUT2D eigenvalue weighted by Crippen LogP contribution is -2.27. The van der Waals surface area contributed by atoms with Gasteiger partial charge in [0, 0.05) is 30.1 Å². The first-order chi connectivity index (χ1) is 16.6. The highest BCUT2D eigenvalue weighted by atomic mass is 16.5. The number of Topliss-reactive ketones (excluding diaryl/α,β-unsaturated/α-hetero) is 1. The average Bonchev–Trinajstić information content (AvgIpc) is 3.05. The molecule has 0 radical (unpaired) electrons. The number of anilines is 2. The van der Waals surface area contributed by atoms with Gasteiger partial charge >= 0.3 is 0 Å².